The number of fused-ring (bicyclic) bond motifs is 1. The molecule has 0 atom stereocenters. The zero-order chi connectivity index (χ0) is 18.1. The normalized spacial score (nSPS) is 13.4. The first kappa shape index (κ1) is 16.4. The summed E-state index contributed by atoms with van der Waals surface area (Å²) in [6, 6.07) is 16.5. The van der Waals surface area contributed by atoms with E-state index in [0.29, 0.717) is 5.69 Å². The van der Waals surface area contributed by atoms with Crippen LogP contribution in [0, 0.1) is 13.8 Å². The lowest BCUT2D eigenvalue weighted by Crippen LogP contribution is -2.31. The molecule has 0 fully saturated rings. The molecule has 132 valence electrons. The summed E-state index contributed by atoms with van der Waals surface area (Å²) < 4.78 is 0. The molecular formula is C21H22N4O. The van der Waals surface area contributed by atoms with Gasteiger partial charge in [-0.2, -0.15) is 5.10 Å². The van der Waals surface area contributed by atoms with Gasteiger partial charge in [0, 0.05) is 24.3 Å². The monoisotopic (exact) mass is 346 g/mol. The van der Waals surface area contributed by atoms with Crippen molar-refractivity contribution in [3.63, 3.8) is 0 Å². The number of anilines is 2. The number of H-pyrrole nitrogens is 1. The highest BCUT2D eigenvalue weighted by Crippen LogP contribution is 2.30. The van der Waals surface area contributed by atoms with Crippen LogP contribution in [0.25, 0.3) is 0 Å². The first-order valence-electron chi connectivity index (χ1n) is 8.87. The minimum Gasteiger partial charge on any atom is -0.365 e. The molecule has 3 aromatic rings. The maximum atomic E-state index is 12.7. The van der Waals surface area contributed by atoms with E-state index in [1.807, 2.05) is 32.0 Å². The van der Waals surface area contributed by atoms with Gasteiger partial charge in [-0.15, -0.1) is 0 Å². The van der Waals surface area contributed by atoms with Crippen LogP contribution in [0.15, 0.2) is 48.5 Å². The first-order chi connectivity index (χ1) is 12.6. The summed E-state index contributed by atoms with van der Waals surface area (Å²) in [6.07, 6.45) is 1.01. The molecule has 0 spiro atoms. The van der Waals surface area contributed by atoms with Crippen molar-refractivity contribution in [2.75, 3.05) is 16.8 Å². The van der Waals surface area contributed by atoms with Crippen LogP contribution in [-0.4, -0.2) is 22.6 Å². The molecule has 0 saturated carbocycles. The first-order valence-corrected chi connectivity index (χ1v) is 8.87. The summed E-state index contributed by atoms with van der Waals surface area (Å²) >= 11 is 0. The average molecular weight is 346 g/mol. The molecule has 0 radical (unpaired) electrons. The number of benzene rings is 2. The number of hydrogen-bond donors (Lipinski definition) is 2. The van der Waals surface area contributed by atoms with E-state index in [9.17, 15) is 4.79 Å². The van der Waals surface area contributed by atoms with Crippen molar-refractivity contribution in [1.29, 1.82) is 0 Å². The molecule has 0 saturated heterocycles. The van der Waals surface area contributed by atoms with E-state index in [2.05, 4.69) is 50.7 Å². The van der Waals surface area contributed by atoms with E-state index in [1.165, 1.54) is 11.1 Å². The van der Waals surface area contributed by atoms with Crippen LogP contribution in [0.3, 0.4) is 0 Å². The summed E-state index contributed by atoms with van der Waals surface area (Å²) in [7, 11) is 0. The molecule has 0 aliphatic carbocycles. The minimum atomic E-state index is -0.184. The largest absolute Gasteiger partial charge is 0.365 e. The molecule has 4 rings (SSSR count). The fourth-order valence-corrected chi connectivity index (χ4v) is 3.44. The molecule has 1 aliphatic heterocycles. The van der Waals surface area contributed by atoms with Crippen LogP contribution in [-0.2, 0) is 13.0 Å². The van der Waals surface area contributed by atoms with Gasteiger partial charge in [-0.3, -0.25) is 9.89 Å². The van der Waals surface area contributed by atoms with Crippen LogP contribution in [0.4, 0.5) is 11.4 Å². The smallest absolute Gasteiger partial charge is 0.276 e. The van der Waals surface area contributed by atoms with Crippen molar-refractivity contribution in [2.45, 2.75) is 26.8 Å². The van der Waals surface area contributed by atoms with Crippen LogP contribution in [0.1, 0.15) is 32.9 Å². The van der Waals surface area contributed by atoms with E-state index in [1.54, 1.807) is 0 Å². The predicted molar refractivity (Wildman–Crippen MR) is 104 cm³/mol. The Kier molecular flexibility index (Phi) is 4.21. The molecule has 1 aromatic heterocycles. The van der Waals surface area contributed by atoms with Crippen molar-refractivity contribution >= 4 is 17.3 Å². The maximum absolute atomic E-state index is 12.7. The van der Waals surface area contributed by atoms with Gasteiger partial charge in [0.25, 0.3) is 5.91 Å². The number of hydrogen-bond acceptors (Lipinski definition) is 3. The lowest BCUT2D eigenvalue weighted by atomic mass is 9.99. The van der Waals surface area contributed by atoms with Gasteiger partial charge >= 0.3 is 0 Å². The molecule has 1 amide bonds. The third-order valence-corrected chi connectivity index (χ3v) is 5.09. The van der Waals surface area contributed by atoms with Crippen LogP contribution in [0.5, 0.6) is 0 Å². The van der Waals surface area contributed by atoms with Gasteiger partial charge in [0.15, 0.2) is 5.69 Å². The van der Waals surface area contributed by atoms with E-state index >= 15 is 0 Å². The Balaban J connectivity index is 1.60. The summed E-state index contributed by atoms with van der Waals surface area (Å²) in [5, 5.41) is 10.0. The number of nitrogens with one attached hydrogen (secondary N) is 2. The van der Waals surface area contributed by atoms with Crippen LogP contribution >= 0.6 is 0 Å². The summed E-state index contributed by atoms with van der Waals surface area (Å²) in [4.78, 5) is 15.0. The lowest BCUT2D eigenvalue weighted by Gasteiger charge is -2.32. The van der Waals surface area contributed by atoms with Crippen molar-refractivity contribution < 1.29 is 4.79 Å². The molecule has 2 aromatic carbocycles. The molecule has 0 unspecified atom stereocenters. The SMILES string of the molecule is Cc1[nH]nc(C(=O)Nc2ccccc2N2CCc3ccccc3C2)c1C. The number of amides is 1. The molecule has 1 aliphatic rings. The summed E-state index contributed by atoms with van der Waals surface area (Å²) in [6.45, 7) is 5.60. The topological polar surface area (TPSA) is 61.0 Å². The second kappa shape index (κ2) is 6.67. The number of aromatic nitrogens is 2. The van der Waals surface area contributed by atoms with Crippen LogP contribution < -0.4 is 10.2 Å². The Morgan fingerprint density at radius 1 is 1.08 bits per heavy atom. The Bertz CT molecular complexity index is 960. The Labute approximate surface area is 153 Å². The van der Waals surface area contributed by atoms with Crippen molar-refractivity contribution in [1.82, 2.24) is 10.2 Å². The van der Waals surface area contributed by atoms with Crippen molar-refractivity contribution in [3.8, 4) is 0 Å². The van der Waals surface area contributed by atoms with Crippen molar-refractivity contribution in [2.24, 2.45) is 0 Å². The number of nitrogens with zero attached hydrogens (tertiary/aromatic N) is 2. The number of carbonyl (C=O) groups excluding carboxylic acids is 1. The number of carbonyl (C=O) groups is 1. The molecule has 2 heterocycles. The zero-order valence-electron chi connectivity index (χ0n) is 15.0. The highest BCUT2D eigenvalue weighted by Gasteiger charge is 2.20. The highest BCUT2D eigenvalue weighted by atomic mass is 16.2. The van der Waals surface area contributed by atoms with E-state index < -0.39 is 0 Å². The molecule has 26 heavy (non-hydrogen) atoms. The Morgan fingerprint density at radius 3 is 2.58 bits per heavy atom. The quantitative estimate of drug-likeness (QED) is 0.757. The fraction of sp³-hybridized carbons (Fsp3) is 0.238. The zero-order valence-corrected chi connectivity index (χ0v) is 15.0. The molecule has 0 bridgehead atoms. The van der Waals surface area contributed by atoms with E-state index in [4.69, 9.17) is 0 Å². The molecule has 2 N–H and O–H groups in total. The van der Waals surface area contributed by atoms with E-state index in [0.717, 1.165) is 42.1 Å². The van der Waals surface area contributed by atoms with Gasteiger partial charge in [0.05, 0.1) is 11.4 Å². The average Bonchev–Trinajstić information content (AvgIpc) is 3.01. The number of aromatic amines is 1. The Morgan fingerprint density at radius 2 is 1.81 bits per heavy atom. The standard InChI is InChI=1S/C21H22N4O/c1-14-15(2)23-24-20(14)21(26)22-18-9-5-6-10-19(18)25-12-11-16-7-3-4-8-17(16)13-25/h3-10H,11-13H2,1-2H3,(H,22,26)(H,23,24). The number of rotatable bonds is 3. The minimum absolute atomic E-state index is 0.184. The van der Waals surface area contributed by atoms with Gasteiger partial charge in [-0.1, -0.05) is 36.4 Å². The molecule has 5 heteroatoms. The third-order valence-electron chi connectivity index (χ3n) is 5.09. The summed E-state index contributed by atoms with van der Waals surface area (Å²) in [5.74, 6) is -0.184. The fourth-order valence-electron chi connectivity index (χ4n) is 3.44. The predicted octanol–water partition coefficient (Wildman–Crippen LogP) is 3.84. The summed E-state index contributed by atoms with van der Waals surface area (Å²) in [5.41, 5.74) is 6.85. The second-order valence-electron chi connectivity index (χ2n) is 6.73. The van der Waals surface area contributed by atoms with Gasteiger partial charge < -0.3 is 10.2 Å². The molecular weight excluding hydrogens is 324 g/mol. The van der Waals surface area contributed by atoms with Gasteiger partial charge in [0.1, 0.15) is 0 Å². The van der Waals surface area contributed by atoms with Crippen LogP contribution in [0.2, 0.25) is 0 Å². The Hall–Kier alpha value is -3.08. The maximum Gasteiger partial charge on any atom is 0.276 e. The number of aryl methyl sites for hydroxylation is 1. The molecule has 5 nitrogen and oxygen atoms in total. The van der Waals surface area contributed by atoms with E-state index in [-0.39, 0.29) is 5.91 Å². The third kappa shape index (κ3) is 2.96. The highest BCUT2D eigenvalue weighted by molar-refractivity contribution is 6.05. The van der Waals surface area contributed by atoms with Gasteiger partial charge in [0.2, 0.25) is 0 Å². The number of para-hydroxylation sites is 2. The second-order valence-corrected chi connectivity index (χ2v) is 6.73. The van der Waals surface area contributed by atoms with Crippen molar-refractivity contribution in [3.05, 3.63) is 76.6 Å². The lowest BCUT2D eigenvalue weighted by molar-refractivity contribution is 0.102. The van der Waals surface area contributed by atoms with Gasteiger partial charge in [-0.25, -0.2) is 0 Å². The van der Waals surface area contributed by atoms with Gasteiger partial charge in [-0.05, 0) is 43.5 Å².